The summed E-state index contributed by atoms with van der Waals surface area (Å²) in [5.74, 6) is 0.386. The molecule has 0 N–H and O–H groups in total. The van der Waals surface area contributed by atoms with Gasteiger partial charge in [-0.3, -0.25) is 4.79 Å². The normalized spacial score (nSPS) is 22.1. The zero-order valence-corrected chi connectivity index (χ0v) is 12.6. The predicted octanol–water partition coefficient (Wildman–Crippen LogP) is 3.91. The summed E-state index contributed by atoms with van der Waals surface area (Å²) in [5, 5.41) is 0. The van der Waals surface area contributed by atoms with E-state index in [1.54, 1.807) is 6.07 Å². The Morgan fingerprint density at radius 1 is 1.47 bits per heavy atom. The van der Waals surface area contributed by atoms with Crippen LogP contribution in [0.4, 0.5) is 4.39 Å². The molecule has 0 saturated heterocycles. The van der Waals surface area contributed by atoms with Crippen molar-refractivity contribution >= 4 is 21.7 Å². The smallest absolute Gasteiger partial charge is 0.137 e. The van der Waals surface area contributed by atoms with Crippen LogP contribution in [0.5, 0.6) is 0 Å². The molecule has 19 heavy (non-hydrogen) atoms. The van der Waals surface area contributed by atoms with Crippen molar-refractivity contribution in [1.82, 2.24) is 0 Å². The Morgan fingerprint density at radius 3 is 2.84 bits per heavy atom. The number of hydrogen-bond donors (Lipinski definition) is 0. The van der Waals surface area contributed by atoms with Gasteiger partial charge in [-0.15, -0.1) is 0 Å². The molecular formula is C15H18BrFO2. The molecule has 1 saturated carbocycles. The van der Waals surface area contributed by atoms with Crippen LogP contribution in [-0.4, -0.2) is 18.5 Å². The summed E-state index contributed by atoms with van der Waals surface area (Å²) in [6, 6.07) is 4.46. The molecular weight excluding hydrogens is 311 g/mol. The van der Waals surface area contributed by atoms with E-state index < -0.39 is 0 Å². The van der Waals surface area contributed by atoms with Crippen molar-refractivity contribution in [2.45, 2.75) is 38.7 Å². The molecule has 1 aliphatic carbocycles. The number of carbonyl (C=O) groups is 1. The Morgan fingerprint density at radius 2 is 2.21 bits per heavy atom. The molecule has 1 aromatic carbocycles. The van der Waals surface area contributed by atoms with Gasteiger partial charge >= 0.3 is 0 Å². The minimum absolute atomic E-state index is 0.215. The summed E-state index contributed by atoms with van der Waals surface area (Å²) < 4.78 is 19.1. The van der Waals surface area contributed by atoms with Gasteiger partial charge in [-0.05, 0) is 43.4 Å². The summed E-state index contributed by atoms with van der Waals surface area (Å²) >= 11 is 3.29. The Bertz CT molecular complexity index is 455. The van der Waals surface area contributed by atoms with Crippen molar-refractivity contribution < 1.29 is 13.9 Å². The molecule has 0 unspecified atom stereocenters. The second-order valence-corrected chi connectivity index (χ2v) is 5.92. The molecule has 1 fully saturated rings. The topological polar surface area (TPSA) is 26.3 Å². The van der Waals surface area contributed by atoms with E-state index in [1.165, 1.54) is 12.1 Å². The second-order valence-electron chi connectivity index (χ2n) is 5.07. The van der Waals surface area contributed by atoms with Crippen LogP contribution in [-0.2, 0) is 16.0 Å². The van der Waals surface area contributed by atoms with E-state index in [-0.39, 0.29) is 11.6 Å². The molecule has 2 nitrogen and oxygen atoms in total. The van der Waals surface area contributed by atoms with E-state index in [0.29, 0.717) is 29.3 Å². The fraction of sp³-hybridized carbons (Fsp3) is 0.533. The van der Waals surface area contributed by atoms with Crippen LogP contribution in [0.3, 0.4) is 0 Å². The summed E-state index contributed by atoms with van der Waals surface area (Å²) in [5.41, 5.74) is 0.854. The monoisotopic (exact) mass is 328 g/mol. The Hall–Kier alpha value is -0.740. The number of halogens is 2. The highest BCUT2D eigenvalue weighted by atomic mass is 79.9. The minimum Gasteiger partial charge on any atom is -0.378 e. The van der Waals surface area contributed by atoms with Crippen LogP contribution < -0.4 is 0 Å². The lowest BCUT2D eigenvalue weighted by molar-refractivity contribution is -0.121. The lowest BCUT2D eigenvalue weighted by Crippen LogP contribution is -2.33. The van der Waals surface area contributed by atoms with Gasteiger partial charge in [-0.1, -0.05) is 22.0 Å². The molecule has 2 rings (SSSR count). The molecule has 1 aliphatic rings. The number of hydrogen-bond acceptors (Lipinski definition) is 2. The van der Waals surface area contributed by atoms with E-state index in [4.69, 9.17) is 4.74 Å². The molecule has 1 aromatic rings. The fourth-order valence-corrected chi connectivity index (χ4v) is 2.98. The number of carbonyl (C=O) groups excluding carboxylic acids is 1. The number of benzene rings is 1. The molecule has 0 spiro atoms. The fourth-order valence-electron chi connectivity index (χ4n) is 2.48. The van der Waals surface area contributed by atoms with Crippen molar-refractivity contribution in [2.75, 3.05) is 6.61 Å². The van der Waals surface area contributed by atoms with Gasteiger partial charge < -0.3 is 4.74 Å². The van der Waals surface area contributed by atoms with Gasteiger partial charge in [0.05, 0.1) is 6.10 Å². The highest BCUT2D eigenvalue weighted by Crippen LogP contribution is 2.33. The number of ketones is 1. The van der Waals surface area contributed by atoms with E-state index in [0.717, 1.165) is 25.0 Å². The zero-order chi connectivity index (χ0) is 13.8. The Labute approximate surface area is 121 Å². The van der Waals surface area contributed by atoms with Gasteiger partial charge in [0, 0.05) is 23.9 Å². The molecule has 104 valence electrons. The first-order valence-corrected chi connectivity index (χ1v) is 7.45. The standard InChI is InChI=1S/C15H18BrFO2/c1-2-19-14-6-10(7-14)5-13(18)8-11-3-4-12(17)9-15(11)16/h3-4,9-10,14H,2,5-8H2,1H3. The zero-order valence-electron chi connectivity index (χ0n) is 11.0. The summed E-state index contributed by atoms with van der Waals surface area (Å²) in [7, 11) is 0. The largest absolute Gasteiger partial charge is 0.378 e. The van der Waals surface area contributed by atoms with Gasteiger partial charge in [-0.25, -0.2) is 4.39 Å². The summed E-state index contributed by atoms with van der Waals surface area (Å²) in [6.07, 6.45) is 3.30. The van der Waals surface area contributed by atoms with Crippen molar-refractivity contribution in [2.24, 2.45) is 5.92 Å². The van der Waals surface area contributed by atoms with Gasteiger partial charge in [-0.2, -0.15) is 0 Å². The first kappa shape index (κ1) is 14.7. The molecule has 0 amide bonds. The summed E-state index contributed by atoms with van der Waals surface area (Å²) in [4.78, 5) is 12.0. The molecule has 0 bridgehead atoms. The number of ether oxygens (including phenoxy) is 1. The lowest BCUT2D eigenvalue weighted by atomic mass is 9.78. The number of rotatable bonds is 6. The van der Waals surface area contributed by atoms with E-state index in [2.05, 4.69) is 15.9 Å². The molecule has 0 aliphatic heterocycles. The van der Waals surface area contributed by atoms with Crippen molar-refractivity contribution in [3.05, 3.63) is 34.1 Å². The van der Waals surface area contributed by atoms with Crippen LogP contribution in [0.25, 0.3) is 0 Å². The molecule has 0 heterocycles. The third-order valence-electron chi connectivity index (χ3n) is 3.51. The van der Waals surface area contributed by atoms with Crippen molar-refractivity contribution in [3.63, 3.8) is 0 Å². The van der Waals surface area contributed by atoms with E-state index in [9.17, 15) is 9.18 Å². The Kier molecular flexibility index (Phi) is 5.11. The minimum atomic E-state index is -0.290. The Balaban J connectivity index is 1.79. The average molecular weight is 329 g/mol. The van der Waals surface area contributed by atoms with Crippen LogP contribution in [0.2, 0.25) is 0 Å². The molecule has 4 heteroatoms. The molecule has 0 aromatic heterocycles. The SMILES string of the molecule is CCOC1CC(CC(=O)Cc2ccc(F)cc2Br)C1. The maximum Gasteiger partial charge on any atom is 0.137 e. The van der Waals surface area contributed by atoms with Gasteiger partial charge in [0.15, 0.2) is 0 Å². The maximum absolute atomic E-state index is 12.9. The summed E-state index contributed by atoms with van der Waals surface area (Å²) in [6.45, 7) is 2.73. The highest BCUT2D eigenvalue weighted by Gasteiger charge is 2.30. The van der Waals surface area contributed by atoms with E-state index in [1.807, 2.05) is 6.92 Å². The highest BCUT2D eigenvalue weighted by molar-refractivity contribution is 9.10. The van der Waals surface area contributed by atoms with Crippen LogP contribution in [0.15, 0.2) is 22.7 Å². The predicted molar refractivity (Wildman–Crippen MR) is 75.6 cm³/mol. The van der Waals surface area contributed by atoms with Crippen LogP contribution in [0.1, 0.15) is 31.7 Å². The molecule has 0 atom stereocenters. The average Bonchev–Trinajstić information content (AvgIpc) is 2.30. The van der Waals surface area contributed by atoms with Crippen LogP contribution >= 0.6 is 15.9 Å². The third kappa shape index (κ3) is 4.11. The number of Topliss-reactive ketones (excluding diaryl/α,β-unsaturated/α-hetero) is 1. The maximum atomic E-state index is 12.9. The van der Waals surface area contributed by atoms with Crippen LogP contribution in [0, 0.1) is 11.7 Å². The van der Waals surface area contributed by atoms with E-state index >= 15 is 0 Å². The second kappa shape index (κ2) is 6.62. The van der Waals surface area contributed by atoms with Gasteiger partial charge in [0.2, 0.25) is 0 Å². The van der Waals surface area contributed by atoms with Crippen molar-refractivity contribution in [1.29, 1.82) is 0 Å². The lowest BCUT2D eigenvalue weighted by Gasteiger charge is -2.34. The first-order valence-electron chi connectivity index (χ1n) is 6.65. The van der Waals surface area contributed by atoms with Gasteiger partial charge in [0.25, 0.3) is 0 Å². The first-order chi connectivity index (χ1) is 9.08. The van der Waals surface area contributed by atoms with Crippen molar-refractivity contribution in [3.8, 4) is 0 Å². The quantitative estimate of drug-likeness (QED) is 0.791. The molecule has 0 radical (unpaired) electrons. The van der Waals surface area contributed by atoms with Gasteiger partial charge in [0.1, 0.15) is 11.6 Å². The third-order valence-corrected chi connectivity index (χ3v) is 4.25.